The van der Waals surface area contributed by atoms with E-state index in [1.807, 2.05) is 6.92 Å². The number of hydrogen-bond donors (Lipinski definition) is 0. The Hall–Kier alpha value is -1.89. The molecule has 2 aromatic carbocycles. The SMILES string of the molecule is COc1ccc(C(=O)C2CCCN2S(=O)(=O)c2cccc(Cl)c2)cc1C. The highest BCUT2D eigenvalue weighted by Crippen LogP contribution is 2.30. The van der Waals surface area contributed by atoms with Gasteiger partial charge >= 0.3 is 0 Å². The quantitative estimate of drug-likeness (QED) is 0.726. The Bertz CT molecular complexity index is 942. The highest BCUT2D eigenvalue weighted by atomic mass is 35.5. The monoisotopic (exact) mass is 393 g/mol. The molecule has 0 bridgehead atoms. The number of ether oxygens (including phenoxy) is 1. The number of carbonyl (C=O) groups excluding carboxylic acids is 1. The van der Waals surface area contributed by atoms with E-state index in [0.717, 1.165) is 5.56 Å². The van der Waals surface area contributed by atoms with E-state index in [9.17, 15) is 13.2 Å². The molecule has 2 aromatic rings. The maximum absolute atomic E-state index is 13.0. The Morgan fingerprint density at radius 2 is 2.00 bits per heavy atom. The van der Waals surface area contributed by atoms with Gasteiger partial charge in [-0.3, -0.25) is 4.79 Å². The van der Waals surface area contributed by atoms with E-state index in [1.54, 1.807) is 37.4 Å². The molecule has 0 amide bonds. The van der Waals surface area contributed by atoms with Gasteiger partial charge in [0.05, 0.1) is 18.0 Å². The lowest BCUT2D eigenvalue weighted by Crippen LogP contribution is -2.40. The summed E-state index contributed by atoms with van der Waals surface area (Å²) < 4.78 is 32.5. The summed E-state index contributed by atoms with van der Waals surface area (Å²) in [4.78, 5) is 13.1. The fourth-order valence-electron chi connectivity index (χ4n) is 3.28. The second kappa shape index (κ2) is 7.39. The van der Waals surface area contributed by atoms with Gasteiger partial charge in [-0.2, -0.15) is 4.31 Å². The highest BCUT2D eigenvalue weighted by molar-refractivity contribution is 7.89. The Morgan fingerprint density at radius 3 is 2.65 bits per heavy atom. The Labute approximate surface area is 158 Å². The summed E-state index contributed by atoms with van der Waals surface area (Å²) in [6, 6.07) is 10.6. The van der Waals surface area contributed by atoms with E-state index in [1.165, 1.54) is 16.4 Å². The predicted octanol–water partition coefficient (Wildman–Crippen LogP) is 3.69. The third-order valence-electron chi connectivity index (χ3n) is 4.59. The zero-order valence-corrected chi connectivity index (χ0v) is 16.2. The molecule has 1 saturated heterocycles. The van der Waals surface area contributed by atoms with Crippen molar-refractivity contribution in [1.82, 2.24) is 4.31 Å². The summed E-state index contributed by atoms with van der Waals surface area (Å²) in [7, 11) is -2.21. The molecule has 1 aliphatic heterocycles. The molecule has 0 aromatic heterocycles. The molecule has 0 aliphatic carbocycles. The first kappa shape index (κ1) is 18.9. The van der Waals surface area contributed by atoms with Gasteiger partial charge in [0.2, 0.25) is 10.0 Å². The molecule has 3 rings (SSSR count). The fourth-order valence-corrected chi connectivity index (χ4v) is 5.23. The average molecular weight is 394 g/mol. The van der Waals surface area contributed by atoms with Gasteiger partial charge in [0.15, 0.2) is 5.78 Å². The van der Waals surface area contributed by atoms with Gasteiger partial charge in [-0.05, 0) is 61.7 Å². The third-order valence-corrected chi connectivity index (χ3v) is 6.73. The van der Waals surface area contributed by atoms with Gasteiger partial charge < -0.3 is 4.74 Å². The molecule has 5 nitrogen and oxygen atoms in total. The topological polar surface area (TPSA) is 63.7 Å². The zero-order valence-electron chi connectivity index (χ0n) is 14.6. The molecule has 138 valence electrons. The number of halogens is 1. The number of nitrogens with zero attached hydrogens (tertiary/aromatic N) is 1. The zero-order chi connectivity index (χ0) is 18.9. The first-order chi connectivity index (χ1) is 12.3. The molecule has 1 unspecified atom stereocenters. The molecule has 26 heavy (non-hydrogen) atoms. The van der Waals surface area contributed by atoms with Crippen molar-refractivity contribution in [3.63, 3.8) is 0 Å². The number of sulfonamides is 1. The lowest BCUT2D eigenvalue weighted by Gasteiger charge is -2.23. The molecule has 0 spiro atoms. The van der Waals surface area contributed by atoms with Crippen molar-refractivity contribution in [2.45, 2.75) is 30.7 Å². The Kier molecular flexibility index (Phi) is 5.37. The first-order valence-electron chi connectivity index (χ1n) is 8.31. The fraction of sp³-hybridized carbons (Fsp3) is 0.316. The summed E-state index contributed by atoms with van der Waals surface area (Å²) in [5, 5.41) is 0.346. The van der Waals surface area contributed by atoms with Crippen LogP contribution in [0.3, 0.4) is 0 Å². The number of hydrogen-bond acceptors (Lipinski definition) is 4. The van der Waals surface area contributed by atoms with Crippen LogP contribution in [-0.2, 0) is 10.0 Å². The van der Waals surface area contributed by atoms with Crippen molar-refractivity contribution in [1.29, 1.82) is 0 Å². The van der Waals surface area contributed by atoms with Gasteiger partial charge in [0.1, 0.15) is 5.75 Å². The molecule has 1 aliphatic rings. The van der Waals surface area contributed by atoms with Crippen molar-refractivity contribution in [2.24, 2.45) is 0 Å². The minimum absolute atomic E-state index is 0.107. The molecule has 1 fully saturated rings. The Balaban J connectivity index is 1.92. The number of rotatable bonds is 5. The van der Waals surface area contributed by atoms with Crippen molar-refractivity contribution >= 4 is 27.4 Å². The first-order valence-corrected chi connectivity index (χ1v) is 10.1. The summed E-state index contributed by atoms with van der Waals surface area (Å²) >= 11 is 5.94. The summed E-state index contributed by atoms with van der Waals surface area (Å²) in [6.45, 7) is 2.17. The minimum Gasteiger partial charge on any atom is -0.496 e. The van der Waals surface area contributed by atoms with Crippen LogP contribution in [0.1, 0.15) is 28.8 Å². The lowest BCUT2D eigenvalue weighted by atomic mass is 10.0. The average Bonchev–Trinajstić information content (AvgIpc) is 3.11. The number of carbonyl (C=O) groups is 1. The van der Waals surface area contributed by atoms with Crippen LogP contribution in [0.4, 0.5) is 0 Å². The van der Waals surface area contributed by atoms with Crippen LogP contribution in [0.15, 0.2) is 47.4 Å². The van der Waals surface area contributed by atoms with E-state index in [2.05, 4.69) is 0 Å². The van der Waals surface area contributed by atoms with Gasteiger partial charge in [0, 0.05) is 17.1 Å². The van der Waals surface area contributed by atoms with Gasteiger partial charge in [-0.1, -0.05) is 17.7 Å². The van der Waals surface area contributed by atoms with Gasteiger partial charge in [0.25, 0.3) is 0 Å². The van der Waals surface area contributed by atoms with E-state index in [4.69, 9.17) is 16.3 Å². The largest absolute Gasteiger partial charge is 0.496 e. The maximum atomic E-state index is 13.0. The number of methoxy groups -OCH3 is 1. The predicted molar refractivity (Wildman–Crippen MR) is 100 cm³/mol. The van der Waals surface area contributed by atoms with Crippen LogP contribution in [0.5, 0.6) is 5.75 Å². The second-order valence-electron chi connectivity index (χ2n) is 6.28. The molecular formula is C19H20ClNO4S. The number of ketones is 1. The number of aryl methyl sites for hydroxylation is 1. The normalized spacial score (nSPS) is 18.0. The van der Waals surface area contributed by atoms with Crippen LogP contribution >= 0.6 is 11.6 Å². The smallest absolute Gasteiger partial charge is 0.243 e. The maximum Gasteiger partial charge on any atom is 0.243 e. The molecule has 7 heteroatoms. The van der Waals surface area contributed by atoms with Crippen LogP contribution in [0.25, 0.3) is 0 Å². The molecule has 1 atom stereocenters. The second-order valence-corrected chi connectivity index (χ2v) is 8.61. The summed E-state index contributed by atoms with van der Waals surface area (Å²) in [5.41, 5.74) is 1.32. The van der Waals surface area contributed by atoms with Crippen LogP contribution in [-0.4, -0.2) is 38.2 Å². The van der Waals surface area contributed by atoms with Crippen molar-refractivity contribution in [2.75, 3.05) is 13.7 Å². The van der Waals surface area contributed by atoms with Crippen molar-refractivity contribution in [3.8, 4) is 5.75 Å². The molecule has 0 N–H and O–H groups in total. The van der Waals surface area contributed by atoms with Crippen LogP contribution < -0.4 is 4.74 Å². The molecule has 0 saturated carbocycles. The minimum atomic E-state index is -3.78. The summed E-state index contributed by atoms with van der Waals surface area (Å²) in [5.74, 6) is 0.496. The standard InChI is InChI=1S/C19H20ClNO4S/c1-13-11-14(8-9-18(13)25-2)19(22)17-7-4-10-21(17)26(23,24)16-6-3-5-15(20)12-16/h3,5-6,8-9,11-12,17H,4,7,10H2,1-2H3. The third kappa shape index (κ3) is 3.49. The van der Waals surface area contributed by atoms with Crippen molar-refractivity contribution in [3.05, 3.63) is 58.6 Å². The van der Waals surface area contributed by atoms with Gasteiger partial charge in [-0.25, -0.2) is 8.42 Å². The van der Waals surface area contributed by atoms with Crippen LogP contribution in [0, 0.1) is 6.92 Å². The molecule has 1 heterocycles. The molecular weight excluding hydrogens is 374 g/mol. The van der Waals surface area contributed by atoms with Crippen LogP contribution in [0.2, 0.25) is 5.02 Å². The van der Waals surface area contributed by atoms with E-state index in [0.29, 0.717) is 35.7 Å². The Morgan fingerprint density at radius 1 is 1.23 bits per heavy atom. The van der Waals surface area contributed by atoms with Gasteiger partial charge in [-0.15, -0.1) is 0 Å². The van der Waals surface area contributed by atoms with E-state index >= 15 is 0 Å². The summed E-state index contributed by atoms with van der Waals surface area (Å²) in [6.07, 6.45) is 1.15. The molecule has 0 radical (unpaired) electrons. The van der Waals surface area contributed by atoms with E-state index in [-0.39, 0.29) is 10.7 Å². The lowest BCUT2D eigenvalue weighted by molar-refractivity contribution is 0.0918. The highest BCUT2D eigenvalue weighted by Gasteiger charge is 2.39. The van der Waals surface area contributed by atoms with E-state index < -0.39 is 16.1 Å². The number of Topliss-reactive ketones (excluding diaryl/α,β-unsaturated/α-hetero) is 1. The van der Waals surface area contributed by atoms with Crippen molar-refractivity contribution < 1.29 is 17.9 Å². The number of benzene rings is 2.